The van der Waals surface area contributed by atoms with E-state index in [-0.39, 0.29) is 11.8 Å². The minimum atomic E-state index is -0.478. The summed E-state index contributed by atoms with van der Waals surface area (Å²) in [6, 6.07) is 2.50. The first kappa shape index (κ1) is 11.2. The van der Waals surface area contributed by atoms with Crippen molar-refractivity contribution in [3.8, 4) is 11.5 Å². The fourth-order valence-corrected chi connectivity index (χ4v) is 2.20. The third-order valence-corrected chi connectivity index (χ3v) is 2.96. The first-order valence-electron chi connectivity index (χ1n) is 5.52. The Balaban J connectivity index is 2.37. The minimum absolute atomic E-state index is 0.0312. The van der Waals surface area contributed by atoms with Gasteiger partial charge >= 0.3 is 0 Å². The van der Waals surface area contributed by atoms with Gasteiger partial charge in [0.25, 0.3) is 0 Å². The number of phenols is 1. The van der Waals surface area contributed by atoms with Crippen molar-refractivity contribution in [2.24, 2.45) is 0 Å². The van der Waals surface area contributed by atoms with Crippen LogP contribution in [0.4, 0.5) is 4.39 Å². The van der Waals surface area contributed by atoms with E-state index in [1.54, 1.807) is 0 Å². The molecular weight excluding hydrogens is 209 g/mol. The molecule has 0 amide bonds. The number of methoxy groups -OCH3 is 1. The predicted octanol–water partition coefficient (Wildman–Crippen LogP) is 2.35. The van der Waals surface area contributed by atoms with Crippen molar-refractivity contribution in [3.05, 3.63) is 23.5 Å². The highest BCUT2D eigenvalue weighted by molar-refractivity contribution is 5.46. The average molecular weight is 225 g/mol. The summed E-state index contributed by atoms with van der Waals surface area (Å²) in [5.41, 5.74) is 0.670. The molecule has 0 saturated carbocycles. The summed E-state index contributed by atoms with van der Waals surface area (Å²) < 4.78 is 18.2. The van der Waals surface area contributed by atoms with E-state index in [0.29, 0.717) is 11.3 Å². The Kier molecular flexibility index (Phi) is 3.29. The molecule has 2 N–H and O–H groups in total. The molecule has 1 heterocycles. The summed E-state index contributed by atoms with van der Waals surface area (Å²) in [7, 11) is 1.49. The Hall–Kier alpha value is -1.29. The van der Waals surface area contributed by atoms with Gasteiger partial charge in [-0.3, -0.25) is 0 Å². The van der Waals surface area contributed by atoms with Gasteiger partial charge in [-0.25, -0.2) is 4.39 Å². The number of hydrogen-bond donors (Lipinski definition) is 2. The van der Waals surface area contributed by atoms with E-state index >= 15 is 0 Å². The molecule has 1 saturated heterocycles. The van der Waals surface area contributed by atoms with Crippen molar-refractivity contribution < 1.29 is 14.2 Å². The Morgan fingerprint density at radius 3 is 2.88 bits per heavy atom. The monoisotopic (exact) mass is 225 g/mol. The van der Waals surface area contributed by atoms with Crippen LogP contribution in [0.15, 0.2) is 12.1 Å². The molecule has 1 aromatic carbocycles. The third kappa shape index (κ3) is 2.11. The van der Waals surface area contributed by atoms with Gasteiger partial charge in [0.1, 0.15) is 17.3 Å². The number of aromatic hydroxyl groups is 1. The molecule has 2 rings (SSSR count). The van der Waals surface area contributed by atoms with Crippen molar-refractivity contribution in [1.82, 2.24) is 5.32 Å². The van der Waals surface area contributed by atoms with Gasteiger partial charge in [-0.2, -0.15) is 0 Å². The maximum Gasteiger partial charge on any atom is 0.130 e. The number of nitrogens with one attached hydrogen (secondary N) is 1. The van der Waals surface area contributed by atoms with E-state index in [0.717, 1.165) is 31.9 Å². The molecule has 0 aromatic heterocycles. The smallest absolute Gasteiger partial charge is 0.130 e. The van der Waals surface area contributed by atoms with Crippen molar-refractivity contribution in [3.63, 3.8) is 0 Å². The SMILES string of the molecule is COc1cc(F)cc(O)c1C1CCCCN1. The van der Waals surface area contributed by atoms with Gasteiger partial charge in [0.15, 0.2) is 0 Å². The van der Waals surface area contributed by atoms with E-state index in [9.17, 15) is 9.50 Å². The fraction of sp³-hybridized carbons (Fsp3) is 0.500. The van der Waals surface area contributed by atoms with E-state index in [2.05, 4.69) is 5.32 Å². The largest absolute Gasteiger partial charge is 0.507 e. The maximum atomic E-state index is 13.1. The van der Waals surface area contributed by atoms with Crippen LogP contribution < -0.4 is 10.1 Å². The summed E-state index contributed by atoms with van der Waals surface area (Å²) in [6.07, 6.45) is 3.19. The van der Waals surface area contributed by atoms with Crippen LogP contribution in [-0.4, -0.2) is 18.8 Å². The zero-order chi connectivity index (χ0) is 11.5. The molecular formula is C12H16FNO2. The second-order valence-electron chi connectivity index (χ2n) is 4.04. The Bertz CT molecular complexity index is 376. The lowest BCUT2D eigenvalue weighted by molar-refractivity contribution is 0.354. The predicted molar refractivity (Wildman–Crippen MR) is 59.2 cm³/mol. The molecule has 1 aromatic rings. The van der Waals surface area contributed by atoms with Crippen molar-refractivity contribution in [2.75, 3.05) is 13.7 Å². The average Bonchev–Trinajstić information content (AvgIpc) is 2.29. The van der Waals surface area contributed by atoms with Gasteiger partial charge in [0, 0.05) is 18.2 Å². The van der Waals surface area contributed by atoms with Crippen molar-refractivity contribution in [1.29, 1.82) is 0 Å². The number of piperidine rings is 1. The molecule has 1 unspecified atom stereocenters. The number of ether oxygens (including phenoxy) is 1. The summed E-state index contributed by atoms with van der Waals surface area (Å²) in [5.74, 6) is -0.0953. The third-order valence-electron chi connectivity index (χ3n) is 2.96. The molecule has 1 aliphatic heterocycles. The van der Waals surface area contributed by atoms with Crippen LogP contribution in [0.5, 0.6) is 11.5 Å². The summed E-state index contributed by atoms with van der Waals surface area (Å²) in [5, 5.41) is 13.1. The molecule has 0 radical (unpaired) electrons. The molecule has 88 valence electrons. The van der Waals surface area contributed by atoms with Crippen LogP contribution in [0, 0.1) is 5.82 Å². The molecule has 4 heteroatoms. The number of rotatable bonds is 2. The van der Waals surface area contributed by atoms with E-state index in [4.69, 9.17) is 4.74 Å². The van der Waals surface area contributed by atoms with Crippen LogP contribution in [0.1, 0.15) is 30.9 Å². The van der Waals surface area contributed by atoms with Gasteiger partial charge in [-0.05, 0) is 19.4 Å². The Morgan fingerprint density at radius 1 is 1.44 bits per heavy atom. The lowest BCUT2D eigenvalue weighted by atomic mass is 9.96. The molecule has 16 heavy (non-hydrogen) atoms. The summed E-state index contributed by atoms with van der Waals surface area (Å²) in [6.45, 7) is 0.921. The molecule has 1 aliphatic rings. The van der Waals surface area contributed by atoms with Crippen LogP contribution in [0.3, 0.4) is 0 Å². The van der Waals surface area contributed by atoms with Crippen molar-refractivity contribution >= 4 is 0 Å². The highest BCUT2D eigenvalue weighted by Crippen LogP contribution is 2.37. The molecule has 3 nitrogen and oxygen atoms in total. The standard InChI is InChI=1S/C12H16FNO2/c1-16-11-7-8(13)6-10(15)12(11)9-4-2-3-5-14-9/h6-7,9,14-15H,2-5H2,1H3. The van der Waals surface area contributed by atoms with E-state index in [1.807, 2.05) is 0 Å². The quantitative estimate of drug-likeness (QED) is 0.811. The highest BCUT2D eigenvalue weighted by atomic mass is 19.1. The topological polar surface area (TPSA) is 41.5 Å². The van der Waals surface area contributed by atoms with Gasteiger partial charge in [-0.1, -0.05) is 6.42 Å². The minimum Gasteiger partial charge on any atom is -0.507 e. The van der Waals surface area contributed by atoms with Crippen LogP contribution in [0.25, 0.3) is 0 Å². The zero-order valence-corrected chi connectivity index (χ0v) is 9.29. The lowest BCUT2D eigenvalue weighted by Gasteiger charge is -2.26. The summed E-state index contributed by atoms with van der Waals surface area (Å²) >= 11 is 0. The van der Waals surface area contributed by atoms with Gasteiger partial charge < -0.3 is 15.2 Å². The van der Waals surface area contributed by atoms with Crippen LogP contribution in [0.2, 0.25) is 0 Å². The van der Waals surface area contributed by atoms with Gasteiger partial charge in [0.2, 0.25) is 0 Å². The normalized spacial score (nSPS) is 20.8. The molecule has 1 atom stereocenters. The second kappa shape index (κ2) is 4.70. The van der Waals surface area contributed by atoms with Crippen LogP contribution >= 0.6 is 0 Å². The van der Waals surface area contributed by atoms with E-state index in [1.165, 1.54) is 13.2 Å². The number of hydrogen-bond acceptors (Lipinski definition) is 3. The van der Waals surface area contributed by atoms with Crippen LogP contribution in [-0.2, 0) is 0 Å². The summed E-state index contributed by atoms with van der Waals surface area (Å²) in [4.78, 5) is 0. The van der Waals surface area contributed by atoms with E-state index < -0.39 is 5.82 Å². The maximum absolute atomic E-state index is 13.1. The van der Waals surface area contributed by atoms with Crippen molar-refractivity contribution in [2.45, 2.75) is 25.3 Å². The highest BCUT2D eigenvalue weighted by Gasteiger charge is 2.22. The number of phenolic OH excluding ortho intramolecular Hbond substituents is 1. The first-order valence-corrected chi connectivity index (χ1v) is 5.52. The molecule has 0 spiro atoms. The zero-order valence-electron chi connectivity index (χ0n) is 9.29. The Morgan fingerprint density at radius 2 is 2.25 bits per heavy atom. The van der Waals surface area contributed by atoms with Gasteiger partial charge in [-0.15, -0.1) is 0 Å². The second-order valence-corrected chi connectivity index (χ2v) is 4.04. The fourth-order valence-electron chi connectivity index (χ4n) is 2.20. The van der Waals surface area contributed by atoms with Gasteiger partial charge in [0.05, 0.1) is 12.7 Å². The number of benzene rings is 1. The molecule has 0 bridgehead atoms. The molecule has 0 aliphatic carbocycles. The lowest BCUT2D eigenvalue weighted by Crippen LogP contribution is -2.27. The molecule has 1 fully saturated rings. The number of halogens is 1. The first-order chi connectivity index (χ1) is 7.72. The Labute approximate surface area is 94.2 Å².